The normalized spacial score (nSPS) is 21.7. The lowest BCUT2D eigenvalue weighted by molar-refractivity contribution is -0.286. The largest absolute Gasteiger partial charge is 0.586 e. The fraction of sp³-hybridized carbons (Fsp3) is 0.462. The number of ether oxygens (including phenoxy) is 2. The standard InChI is InChI=1S/C13H12F2O3/c1-2-11(16)12(5-6-12)8-3-4-9-10(7-8)18-13(14,15)17-9/h3-4,7H,2,5-6H2,1H3. The summed E-state index contributed by atoms with van der Waals surface area (Å²) in [7, 11) is 0. The van der Waals surface area contributed by atoms with Crippen LogP contribution in [0.5, 0.6) is 11.5 Å². The van der Waals surface area contributed by atoms with Crippen molar-refractivity contribution in [3.05, 3.63) is 23.8 Å². The molecule has 0 saturated heterocycles. The molecule has 1 aromatic rings. The van der Waals surface area contributed by atoms with Gasteiger partial charge in [-0.3, -0.25) is 4.79 Å². The van der Waals surface area contributed by atoms with Crippen molar-refractivity contribution in [2.45, 2.75) is 37.9 Å². The molecule has 1 aliphatic carbocycles. The molecule has 1 aliphatic heterocycles. The molecule has 0 radical (unpaired) electrons. The minimum absolute atomic E-state index is 0.00711. The van der Waals surface area contributed by atoms with Gasteiger partial charge in [-0.2, -0.15) is 0 Å². The lowest BCUT2D eigenvalue weighted by Gasteiger charge is -2.13. The maximum atomic E-state index is 12.9. The highest BCUT2D eigenvalue weighted by atomic mass is 19.3. The Hall–Kier alpha value is -1.65. The number of ketones is 1. The molecule has 96 valence electrons. The van der Waals surface area contributed by atoms with E-state index in [-0.39, 0.29) is 17.3 Å². The second kappa shape index (κ2) is 3.43. The summed E-state index contributed by atoms with van der Waals surface area (Å²) in [6.07, 6.45) is -1.61. The van der Waals surface area contributed by atoms with Crippen LogP contribution in [-0.4, -0.2) is 12.1 Å². The molecule has 0 bridgehead atoms. The van der Waals surface area contributed by atoms with Crippen LogP contribution in [0, 0.1) is 0 Å². The number of Topliss-reactive ketones (excluding diaryl/α,β-unsaturated/α-hetero) is 1. The second-order valence-corrected chi connectivity index (χ2v) is 4.69. The van der Waals surface area contributed by atoms with Crippen molar-refractivity contribution in [3.8, 4) is 11.5 Å². The smallest absolute Gasteiger partial charge is 0.395 e. The lowest BCUT2D eigenvalue weighted by Crippen LogP contribution is -2.26. The zero-order valence-corrected chi connectivity index (χ0v) is 9.83. The van der Waals surface area contributed by atoms with Crippen LogP contribution in [-0.2, 0) is 10.2 Å². The number of rotatable bonds is 3. The summed E-state index contributed by atoms with van der Waals surface area (Å²) < 4.78 is 34.5. The number of fused-ring (bicyclic) bond motifs is 1. The first-order valence-electron chi connectivity index (χ1n) is 5.90. The Morgan fingerprint density at radius 2 is 1.94 bits per heavy atom. The maximum Gasteiger partial charge on any atom is 0.586 e. The van der Waals surface area contributed by atoms with Crippen molar-refractivity contribution >= 4 is 5.78 Å². The lowest BCUT2D eigenvalue weighted by atomic mass is 9.90. The van der Waals surface area contributed by atoms with E-state index in [1.54, 1.807) is 6.07 Å². The average Bonchev–Trinajstić information content (AvgIpc) is 3.05. The van der Waals surface area contributed by atoms with Gasteiger partial charge in [0.2, 0.25) is 0 Å². The molecular formula is C13H12F2O3. The van der Waals surface area contributed by atoms with Crippen molar-refractivity contribution in [1.82, 2.24) is 0 Å². The molecule has 3 rings (SSSR count). The van der Waals surface area contributed by atoms with Gasteiger partial charge in [0, 0.05) is 6.42 Å². The highest BCUT2D eigenvalue weighted by molar-refractivity contribution is 5.93. The molecule has 0 atom stereocenters. The Kier molecular flexibility index (Phi) is 2.18. The number of carbonyl (C=O) groups is 1. The predicted octanol–water partition coefficient (Wildman–Crippen LogP) is 3.02. The van der Waals surface area contributed by atoms with E-state index in [4.69, 9.17) is 0 Å². The Balaban J connectivity index is 1.96. The van der Waals surface area contributed by atoms with Gasteiger partial charge in [0.05, 0.1) is 5.41 Å². The first-order valence-corrected chi connectivity index (χ1v) is 5.90. The number of halogens is 2. The highest BCUT2D eigenvalue weighted by Gasteiger charge is 2.51. The Morgan fingerprint density at radius 3 is 2.56 bits per heavy atom. The van der Waals surface area contributed by atoms with Gasteiger partial charge >= 0.3 is 6.29 Å². The summed E-state index contributed by atoms with van der Waals surface area (Å²) in [4.78, 5) is 11.9. The first-order chi connectivity index (χ1) is 8.47. The average molecular weight is 254 g/mol. The Bertz CT molecular complexity index is 521. The van der Waals surface area contributed by atoms with E-state index in [2.05, 4.69) is 9.47 Å². The van der Waals surface area contributed by atoms with Crippen molar-refractivity contribution in [2.75, 3.05) is 0 Å². The van der Waals surface area contributed by atoms with E-state index in [1.165, 1.54) is 12.1 Å². The Labute approximate surface area is 103 Å². The SMILES string of the molecule is CCC(=O)C1(c2ccc3c(c2)OC(F)(F)O3)CC1. The predicted molar refractivity (Wildman–Crippen MR) is 58.9 cm³/mol. The van der Waals surface area contributed by atoms with E-state index >= 15 is 0 Å². The molecule has 1 saturated carbocycles. The van der Waals surface area contributed by atoms with Crippen LogP contribution < -0.4 is 9.47 Å². The quantitative estimate of drug-likeness (QED) is 0.831. The summed E-state index contributed by atoms with van der Waals surface area (Å²) in [5.41, 5.74) is 0.264. The molecule has 18 heavy (non-hydrogen) atoms. The molecule has 0 amide bonds. The molecule has 0 N–H and O–H groups in total. The molecule has 1 heterocycles. The highest BCUT2D eigenvalue weighted by Crippen LogP contribution is 2.52. The number of alkyl halides is 2. The van der Waals surface area contributed by atoms with Crippen LogP contribution in [0.3, 0.4) is 0 Å². The van der Waals surface area contributed by atoms with Crippen molar-refractivity contribution < 1.29 is 23.0 Å². The molecule has 5 heteroatoms. The summed E-state index contributed by atoms with van der Waals surface area (Å²) in [6.45, 7) is 1.81. The topological polar surface area (TPSA) is 35.5 Å². The molecule has 3 nitrogen and oxygen atoms in total. The minimum Gasteiger partial charge on any atom is -0.395 e. The van der Waals surface area contributed by atoms with Crippen molar-refractivity contribution in [1.29, 1.82) is 0 Å². The van der Waals surface area contributed by atoms with Crippen LogP contribution >= 0.6 is 0 Å². The van der Waals surface area contributed by atoms with Crippen LogP contribution in [0.4, 0.5) is 8.78 Å². The maximum absolute atomic E-state index is 12.9. The summed E-state index contributed by atoms with van der Waals surface area (Å²) in [6, 6.07) is 4.61. The van der Waals surface area contributed by atoms with E-state index < -0.39 is 11.7 Å². The van der Waals surface area contributed by atoms with Gasteiger partial charge in [0.25, 0.3) is 0 Å². The van der Waals surface area contributed by atoms with E-state index in [0.29, 0.717) is 6.42 Å². The Morgan fingerprint density at radius 1 is 1.28 bits per heavy atom. The van der Waals surface area contributed by atoms with Gasteiger partial charge in [0.1, 0.15) is 5.78 Å². The van der Waals surface area contributed by atoms with Gasteiger partial charge in [0.15, 0.2) is 11.5 Å². The van der Waals surface area contributed by atoms with Gasteiger partial charge in [-0.05, 0) is 30.5 Å². The van der Waals surface area contributed by atoms with E-state index in [9.17, 15) is 13.6 Å². The third-order valence-corrected chi connectivity index (χ3v) is 3.56. The zero-order valence-electron chi connectivity index (χ0n) is 9.83. The fourth-order valence-electron chi connectivity index (χ4n) is 2.44. The molecule has 0 aromatic heterocycles. The van der Waals surface area contributed by atoms with Gasteiger partial charge in [-0.15, -0.1) is 8.78 Å². The summed E-state index contributed by atoms with van der Waals surface area (Å²) >= 11 is 0. The van der Waals surface area contributed by atoms with Crippen LogP contribution in [0.25, 0.3) is 0 Å². The summed E-state index contributed by atoms with van der Waals surface area (Å²) in [5.74, 6) is 0.171. The fourth-order valence-corrected chi connectivity index (χ4v) is 2.44. The van der Waals surface area contributed by atoms with Crippen molar-refractivity contribution in [2.24, 2.45) is 0 Å². The number of carbonyl (C=O) groups excluding carboxylic acids is 1. The van der Waals surface area contributed by atoms with Gasteiger partial charge in [-0.25, -0.2) is 0 Å². The summed E-state index contributed by atoms with van der Waals surface area (Å²) in [5, 5.41) is 0. The third kappa shape index (κ3) is 1.57. The third-order valence-electron chi connectivity index (χ3n) is 3.56. The first kappa shape index (κ1) is 11.4. The van der Waals surface area contributed by atoms with E-state index in [1.807, 2.05) is 6.92 Å². The molecule has 2 aliphatic rings. The van der Waals surface area contributed by atoms with Crippen LogP contribution in [0.1, 0.15) is 31.7 Å². The van der Waals surface area contributed by atoms with Crippen LogP contribution in [0.15, 0.2) is 18.2 Å². The second-order valence-electron chi connectivity index (χ2n) is 4.69. The molecule has 0 unspecified atom stereocenters. The van der Waals surface area contributed by atoms with Gasteiger partial charge in [-0.1, -0.05) is 13.0 Å². The number of hydrogen-bond acceptors (Lipinski definition) is 3. The number of benzene rings is 1. The monoisotopic (exact) mass is 254 g/mol. The molecule has 1 aromatic carbocycles. The van der Waals surface area contributed by atoms with Crippen LogP contribution in [0.2, 0.25) is 0 Å². The van der Waals surface area contributed by atoms with Crippen molar-refractivity contribution in [3.63, 3.8) is 0 Å². The number of hydrogen-bond donors (Lipinski definition) is 0. The minimum atomic E-state index is -3.60. The van der Waals surface area contributed by atoms with Gasteiger partial charge < -0.3 is 9.47 Å². The molecular weight excluding hydrogens is 242 g/mol. The zero-order chi connectivity index (χ0) is 13.0. The molecule has 0 spiro atoms. The molecule has 1 fully saturated rings. The van der Waals surface area contributed by atoms with E-state index in [0.717, 1.165) is 18.4 Å².